The maximum absolute atomic E-state index is 13.4. The second-order valence-electron chi connectivity index (χ2n) is 6.12. The second-order valence-corrected chi connectivity index (χ2v) is 8.07. The summed E-state index contributed by atoms with van der Waals surface area (Å²) in [5, 5.41) is 4.18. The number of hydrogen-bond donors (Lipinski definition) is 2. The summed E-state index contributed by atoms with van der Waals surface area (Å²) in [4.78, 5) is 3.17. The molecule has 0 atom stereocenters. The third-order valence-electron chi connectivity index (χ3n) is 4.58. The number of nitrogens with one attached hydrogen (secondary N) is 2. The monoisotopic (exact) mass is 362 g/mol. The number of benzene rings is 2. The number of H-pyrrole nitrogens is 1. The Balaban J connectivity index is 1.85. The zero-order valence-corrected chi connectivity index (χ0v) is 14.1. The molecule has 2 heterocycles. The Bertz CT molecular complexity index is 1070. The van der Waals surface area contributed by atoms with E-state index in [1.807, 2.05) is 0 Å². The molecule has 2 aromatic carbocycles. The van der Waals surface area contributed by atoms with Crippen molar-refractivity contribution in [3.05, 3.63) is 59.3 Å². The third kappa shape index (κ3) is 2.73. The van der Waals surface area contributed by atoms with E-state index in [4.69, 9.17) is 0 Å². The molecule has 0 unspecified atom stereocenters. The quantitative estimate of drug-likeness (QED) is 0.689. The van der Waals surface area contributed by atoms with E-state index in [1.54, 1.807) is 12.1 Å². The molecular formula is C18H16F2N2O2S. The molecule has 2 N–H and O–H groups in total. The van der Waals surface area contributed by atoms with Crippen LogP contribution in [0.2, 0.25) is 0 Å². The van der Waals surface area contributed by atoms with Gasteiger partial charge in [-0.2, -0.15) is 0 Å². The largest absolute Gasteiger partial charge is 0.358 e. The standard InChI is InChI=1S/C18H16F2N2O2S/c19-15-3-1-12(10-16(15)20)25(23,24)11-2-4-17-14(9-11)13-5-7-21-8-6-18(13)22-17/h1-4,9-10,21-22H,5-8H2. The predicted octanol–water partition coefficient (Wildman–Crippen LogP) is 2.97. The number of aromatic amines is 1. The Labute approximate surface area is 143 Å². The SMILES string of the molecule is O=S(=O)(c1ccc(F)c(F)c1)c1ccc2[nH]c3c(c2c1)CCNCC3. The topological polar surface area (TPSA) is 62.0 Å². The highest BCUT2D eigenvalue weighted by molar-refractivity contribution is 7.91. The molecule has 1 aliphatic heterocycles. The fourth-order valence-corrected chi connectivity index (χ4v) is 4.58. The second kappa shape index (κ2) is 5.93. The maximum atomic E-state index is 13.4. The van der Waals surface area contributed by atoms with Gasteiger partial charge in [0.15, 0.2) is 11.6 Å². The highest BCUT2D eigenvalue weighted by Crippen LogP contribution is 2.30. The molecule has 25 heavy (non-hydrogen) atoms. The molecular weight excluding hydrogens is 346 g/mol. The van der Waals surface area contributed by atoms with Crippen molar-refractivity contribution in [3.8, 4) is 0 Å². The van der Waals surface area contributed by atoms with Crippen LogP contribution in [0.15, 0.2) is 46.2 Å². The normalized spacial score (nSPS) is 15.1. The first-order valence-corrected chi connectivity index (χ1v) is 9.49. The van der Waals surface area contributed by atoms with Crippen LogP contribution < -0.4 is 5.32 Å². The maximum Gasteiger partial charge on any atom is 0.206 e. The molecule has 4 nitrogen and oxygen atoms in total. The van der Waals surface area contributed by atoms with Crippen molar-refractivity contribution in [1.82, 2.24) is 10.3 Å². The molecule has 0 saturated carbocycles. The van der Waals surface area contributed by atoms with E-state index < -0.39 is 21.5 Å². The van der Waals surface area contributed by atoms with Gasteiger partial charge in [0.1, 0.15) is 0 Å². The number of aromatic nitrogens is 1. The average Bonchev–Trinajstić information content (AvgIpc) is 2.77. The van der Waals surface area contributed by atoms with E-state index in [2.05, 4.69) is 10.3 Å². The molecule has 1 aromatic heterocycles. The summed E-state index contributed by atoms with van der Waals surface area (Å²) in [6.45, 7) is 1.71. The minimum atomic E-state index is -3.92. The minimum Gasteiger partial charge on any atom is -0.358 e. The first-order chi connectivity index (χ1) is 12.0. The lowest BCUT2D eigenvalue weighted by Gasteiger charge is -2.06. The highest BCUT2D eigenvalue weighted by atomic mass is 32.2. The Kier molecular flexibility index (Phi) is 3.85. The summed E-state index contributed by atoms with van der Waals surface area (Å²) < 4.78 is 52.1. The van der Waals surface area contributed by atoms with Gasteiger partial charge in [0.25, 0.3) is 0 Å². The van der Waals surface area contributed by atoms with E-state index in [0.29, 0.717) is 0 Å². The van der Waals surface area contributed by atoms with Crippen LogP contribution in [0.3, 0.4) is 0 Å². The molecule has 0 radical (unpaired) electrons. The van der Waals surface area contributed by atoms with Gasteiger partial charge < -0.3 is 10.3 Å². The lowest BCUT2D eigenvalue weighted by molar-refractivity contribution is 0.504. The van der Waals surface area contributed by atoms with E-state index in [1.165, 1.54) is 6.07 Å². The van der Waals surface area contributed by atoms with Crippen LogP contribution in [0.25, 0.3) is 10.9 Å². The smallest absolute Gasteiger partial charge is 0.206 e. The van der Waals surface area contributed by atoms with Crippen molar-refractivity contribution in [3.63, 3.8) is 0 Å². The van der Waals surface area contributed by atoms with Crippen LogP contribution in [0.5, 0.6) is 0 Å². The molecule has 3 aromatic rings. The average molecular weight is 362 g/mol. The van der Waals surface area contributed by atoms with Crippen LogP contribution >= 0.6 is 0 Å². The summed E-state index contributed by atoms with van der Waals surface area (Å²) >= 11 is 0. The molecule has 4 rings (SSSR count). The number of rotatable bonds is 2. The fourth-order valence-electron chi connectivity index (χ4n) is 3.28. The van der Waals surface area contributed by atoms with Crippen LogP contribution in [-0.4, -0.2) is 26.5 Å². The van der Waals surface area contributed by atoms with Crippen molar-refractivity contribution in [1.29, 1.82) is 0 Å². The fraction of sp³-hybridized carbons (Fsp3) is 0.222. The molecule has 1 aliphatic rings. The minimum absolute atomic E-state index is 0.0741. The van der Waals surface area contributed by atoms with E-state index in [-0.39, 0.29) is 9.79 Å². The van der Waals surface area contributed by atoms with Gasteiger partial charge in [-0.3, -0.25) is 0 Å². The molecule has 130 valence electrons. The summed E-state index contributed by atoms with van der Waals surface area (Å²) in [6.07, 6.45) is 1.67. The summed E-state index contributed by atoms with van der Waals surface area (Å²) in [5.41, 5.74) is 3.11. The lowest BCUT2D eigenvalue weighted by atomic mass is 10.1. The van der Waals surface area contributed by atoms with E-state index >= 15 is 0 Å². The molecule has 0 spiro atoms. The van der Waals surface area contributed by atoms with Crippen molar-refractivity contribution < 1.29 is 17.2 Å². The Morgan fingerprint density at radius 3 is 2.40 bits per heavy atom. The Morgan fingerprint density at radius 1 is 0.880 bits per heavy atom. The van der Waals surface area contributed by atoms with Gasteiger partial charge in [0.05, 0.1) is 9.79 Å². The molecule has 0 aliphatic carbocycles. The summed E-state index contributed by atoms with van der Waals surface area (Å²) in [6, 6.07) is 7.47. The zero-order chi connectivity index (χ0) is 17.6. The first-order valence-electron chi connectivity index (χ1n) is 8.01. The summed E-state index contributed by atoms with van der Waals surface area (Å²) in [7, 11) is -3.92. The van der Waals surface area contributed by atoms with Crippen molar-refractivity contribution in [2.24, 2.45) is 0 Å². The molecule has 7 heteroatoms. The van der Waals surface area contributed by atoms with E-state index in [0.717, 1.165) is 66.3 Å². The molecule has 0 fully saturated rings. The van der Waals surface area contributed by atoms with Crippen LogP contribution in [-0.2, 0) is 22.7 Å². The molecule has 0 amide bonds. The zero-order valence-electron chi connectivity index (χ0n) is 13.3. The number of hydrogen-bond acceptors (Lipinski definition) is 3. The molecule has 0 saturated heterocycles. The van der Waals surface area contributed by atoms with Crippen molar-refractivity contribution >= 4 is 20.7 Å². The lowest BCUT2D eigenvalue weighted by Crippen LogP contribution is -2.16. The third-order valence-corrected chi connectivity index (χ3v) is 6.33. The van der Waals surface area contributed by atoms with Gasteiger partial charge >= 0.3 is 0 Å². The van der Waals surface area contributed by atoms with Crippen LogP contribution in [0.4, 0.5) is 8.78 Å². The van der Waals surface area contributed by atoms with E-state index in [9.17, 15) is 17.2 Å². The summed E-state index contributed by atoms with van der Waals surface area (Å²) in [5.74, 6) is -2.25. The van der Waals surface area contributed by atoms with Gasteiger partial charge in [-0.15, -0.1) is 0 Å². The van der Waals surface area contributed by atoms with Gasteiger partial charge in [-0.05, 0) is 54.9 Å². The van der Waals surface area contributed by atoms with Crippen molar-refractivity contribution in [2.45, 2.75) is 22.6 Å². The number of fused-ring (bicyclic) bond motifs is 3. The van der Waals surface area contributed by atoms with Crippen LogP contribution in [0, 0.1) is 11.6 Å². The number of halogens is 2. The van der Waals surface area contributed by atoms with Gasteiger partial charge in [0.2, 0.25) is 9.84 Å². The van der Waals surface area contributed by atoms with Gasteiger partial charge in [-0.1, -0.05) is 0 Å². The highest BCUT2D eigenvalue weighted by Gasteiger charge is 2.22. The predicted molar refractivity (Wildman–Crippen MR) is 90.4 cm³/mol. The van der Waals surface area contributed by atoms with Gasteiger partial charge in [0, 0.05) is 29.6 Å². The van der Waals surface area contributed by atoms with Crippen molar-refractivity contribution in [2.75, 3.05) is 13.1 Å². The van der Waals surface area contributed by atoms with Gasteiger partial charge in [-0.25, -0.2) is 17.2 Å². The Morgan fingerprint density at radius 2 is 1.60 bits per heavy atom. The first kappa shape index (κ1) is 16.2. The number of sulfone groups is 1. The van der Waals surface area contributed by atoms with Crippen LogP contribution in [0.1, 0.15) is 11.3 Å². The molecule has 0 bridgehead atoms. The Hall–Kier alpha value is -2.25.